The number of nitrogens with zero attached hydrogens (tertiary/aromatic N) is 1. The van der Waals surface area contributed by atoms with E-state index in [2.05, 4.69) is 37.5 Å². The molecular weight excluding hydrogens is 158 g/mol. The van der Waals surface area contributed by atoms with E-state index in [4.69, 9.17) is 0 Å². The molecule has 0 spiro atoms. The summed E-state index contributed by atoms with van der Waals surface area (Å²) in [5.74, 6) is 9.18. The van der Waals surface area contributed by atoms with Gasteiger partial charge in [-0.25, -0.2) is 0 Å². The van der Waals surface area contributed by atoms with Crippen molar-refractivity contribution >= 4 is 0 Å². The molecule has 0 N–H and O–H groups in total. The van der Waals surface area contributed by atoms with E-state index < -0.39 is 0 Å². The molecule has 1 saturated carbocycles. The van der Waals surface area contributed by atoms with Crippen LogP contribution < -0.4 is 0 Å². The highest BCUT2D eigenvalue weighted by atomic mass is 15.2. The lowest BCUT2D eigenvalue weighted by Crippen LogP contribution is -2.31. The highest BCUT2D eigenvalue weighted by Gasteiger charge is 2.45. The van der Waals surface area contributed by atoms with Gasteiger partial charge in [0.05, 0.1) is 6.04 Å². The molecule has 1 aliphatic carbocycles. The fraction of sp³-hybridized carbons (Fsp3) is 0.833. The number of piperidine rings is 1. The number of rotatable bonds is 1. The summed E-state index contributed by atoms with van der Waals surface area (Å²) in [5.41, 5.74) is 0. The van der Waals surface area contributed by atoms with Crippen LogP contribution in [0, 0.1) is 29.6 Å². The Balaban J connectivity index is 1.84. The largest absolute Gasteiger partial charge is 0.289 e. The molecule has 1 saturated heterocycles. The smallest absolute Gasteiger partial charge is 0.0686 e. The Bertz CT molecular complexity index is 236. The van der Waals surface area contributed by atoms with Crippen molar-refractivity contribution in [3.05, 3.63) is 0 Å². The SMILES string of the molecule is CC(C)C#CC(C)N1CC2CC2C1. The minimum absolute atomic E-state index is 0.482. The lowest BCUT2D eigenvalue weighted by Gasteiger charge is -2.20. The fourth-order valence-corrected chi connectivity index (χ4v) is 2.13. The summed E-state index contributed by atoms with van der Waals surface area (Å²) in [5, 5.41) is 0. The third-order valence-electron chi connectivity index (χ3n) is 3.14. The van der Waals surface area contributed by atoms with Crippen molar-refractivity contribution < 1.29 is 0 Å². The highest BCUT2D eigenvalue weighted by Crippen LogP contribution is 2.45. The number of fused-ring (bicyclic) bond motifs is 1. The Hall–Kier alpha value is -0.480. The molecular formula is C12H19N. The first kappa shape index (κ1) is 9.09. The lowest BCUT2D eigenvalue weighted by molar-refractivity contribution is 0.276. The van der Waals surface area contributed by atoms with E-state index in [-0.39, 0.29) is 0 Å². The van der Waals surface area contributed by atoms with E-state index in [0.29, 0.717) is 12.0 Å². The third-order valence-corrected chi connectivity index (χ3v) is 3.14. The molecule has 0 aromatic rings. The first-order chi connectivity index (χ1) is 6.16. The maximum absolute atomic E-state index is 3.34. The molecule has 1 aliphatic heterocycles. The van der Waals surface area contributed by atoms with Crippen LogP contribution in [-0.2, 0) is 0 Å². The summed E-state index contributed by atoms with van der Waals surface area (Å²) in [7, 11) is 0. The Morgan fingerprint density at radius 2 is 1.69 bits per heavy atom. The maximum atomic E-state index is 3.34. The molecule has 3 atom stereocenters. The van der Waals surface area contributed by atoms with Gasteiger partial charge in [-0.05, 0) is 25.2 Å². The van der Waals surface area contributed by atoms with Crippen LogP contribution in [-0.4, -0.2) is 24.0 Å². The minimum atomic E-state index is 0.482. The fourth-order valence-electron chi connectivity index (χ4n) is 2.13. The van der Waals surface area contributed by atoms with Gasteiger partial charge in [0.2, 0.25) is 0 Å². The van der Waals surface area contributed by atoms with Crippen LogP contribution in [0.4, 0.5) is 0 Å². The second-order valence-corrected chi connectivity index (χ2v) is 4.83. The minimum Gasteiger partial charge on any atom is -0.289 e. The Labute approximate surface area is 81.5 Å². The molecule has 1 heterocycles. The third kappa shape index (κ3) is 2.06. The second-order valence-electron chi connectivity index (χ2n) is 4.83. The van der Waals surface area contributed by atoms with Gasteiger partial charge in [-0.1, -0.05) is 25.7 Å². The Morgan fingerprint density at radius 1 is 1.08 bits per heavy atom. The average Bonchev–Trinajstić information content (AvgIpc) is 2.69. The average molecular weight is 177 g/mol. The molecule has 3 unspecified atom stereocenters. The molecule has 72 valence electrons. The maximum Gasteiger partial charge on any atom is 0.0686 e. The predicted molar refractivity (Wildman–Crippen MR) is 55.2 cm³/mol. The van der Waals surface area contributed by atoms with Gasteiger partial charge in [0.15, 0.2) is 0 Å². The second kappa shape index (κ2) is 3.35. The van der Waals surface area contributed by atoms with Gasteiger partial charge >= 0.3 is 0 Å². The number of hydrogen-bond donors (Lipinski definition) is 0. The number of likely N-dealkylation sites (tertiary alicyclic amines) is 1. The molecule has 2 rings (SSSR count). The standard InChI is InChI=1S/C12H19N/c1-9(2)4-5-10(3)13-7-11-6-12(11)8-13/h9-12H,6-8H2,1-3H3. The van der Waals surface area contributed by atoms with E-state index >= 15 is 0 Å². The van der Waals surface area contributed by atoms with Crippen molar-refractivity contribution in [2.75, 3.05) is 13.1 Å². The molecule has 2 fully saturated rings. The van der Waals surface area contributed by atoms with Crippen LogP contribution in [0.2, 0.25) is 0 Å². The Morgan fingerprint density at radius 3 is 2.23 bits per heavy atom. The summed E-state index contributed by atoms with van der Waals surface area (Å²) >= 11 is 0. The van der Waals surface area contributed by atoms with Crippen molar-refractivity contribution in [1.82, 2.24) is 4.90 Å². The van der Waals surface area contributed by atoms with Crippen LogP contribution in [0.25, 0.3) is 0 Å². The summed E-state index contributed by atoms with van der Waals surface area (Å²) in [6, 6.07) is 0.482. The summed E-state index contributed by atoms with van der Waals surface area (Å²) in [6.07, 6.45) is 1.49. The zero-order valence-corrected chi connectivity index (χ0v) is 8.88. The zero-order valence-electron chi connectivity index (χ0n) is 8.88. The van der Waals surface area contributed by atoms with Crippen molar-refractivity contribution in [2.24, 2.45) is 17.8 Å². The van der Waals surface area contributed by atoms with E-state index in [9.17, 15) is 0 Å². The first-order valence-electron chi connectivity index (χ1n) is 5.42. The number of hydrogen-bond acceptors (Lipinski definition) is 1. The topological polar surface area (TPSA) is 3.24 Å². The van der Waals surface area contributed by atoms with Crippen molar-refractivity contribution in [1.29, 1.82) is 0 Å². The Kier molecular flexibility index (Phi) is 2.34. The lowest BCUT2D eigenvalue weighted by atomic mass is 10.2. The predicted octanol–water partition coefficient (Wildman–Crippen LogP) is 1.99. The molecule has 1 nitrogen and oxygen atoms in total. The van der Waals surface area contributed by atoms with Crippen LogP contribution >= 0.6 is 0 Å². The van der Waals surface area contributed by atoms with Crippen molar-refractivity contribution in [2.45, 2.75) is 33.2 Å². The molecule has 13 heavy (non-hydrogen) atoms. The molecule has 2 aliphatic rings. The first-order valence-corrected chi connectivity index (χ1v) is 5.42. The van der Waals surface area contributed by atoms with Gasteiger partial charge in [0.25, 0.3) is 0 Å². The van der Waals surface area contributed by atoms with Gasteiger partial charge in [0.1, 0.15) is 0 Å². The van der Waals surface area contributed by atoms with Gasteiger partial charge in [0, 0.05) is 19.0 Å². The van der Waals surface area contributed by atoms with Crippen LogP contribution in [0.3, 0.4) is 0 Å². The molecule has 0 bridgehead atoms. The van der Waals surface area contributed by atoms with Gasteiger partial charge in [-0.15, -0.1) is 0 Å². The zero-order chi connectivity index (χ0) is 9.42. The van der Waals surface area contributed by atoms with Crippen LogP contribution in [0.5, 0.6) is 0 Å². The van der Waals surface area contributed by atoms with Crippen LogP contribution in [0.1, 0.15) is 27.2 Å². The van der Waals surface area contributed by atoms with E-state index in [1.165, 1.54) is 19.5 Å². The molecule has 0 aromatic carbocycles. The molecule has 0 radical (unpaired) electrons. The summed E-state index contributed by atoms with van der Waals surface area (Å²) < 4.78 is 0. The monoisotopic (exact) mass is 177 g/mol. The highest BCUT2D eigenvalue weighted by molar-refractivity contribution is 5.11. The summed E-state index contributed by atoms with van der Waals surface area (Å²) in [6.45, 7) is 9.15. The quantitative estimate of drug-likeness (QED) is 0.554. The van der Waals surface area contributed by atoms with E-state index in [1.807, 2.05) is 0 Å². The normalized spacial score (nSPS) is 33.8. The van der Waals surface area contributed by atoms with Crippen molar-refractivity contribution in [3.63, 3.8) is 0 Å². The van der Waals surface area contributed by atoms with Gasteiger partial charge in [-0.2, -0.15) is 0 Å². The molecule has 1 heteroatoms. The molecule has 0 amide bonds. The van der Waals surface area contributed by atoms with E-state index in [0.717, 1.165) is 11.8 Å². The van der Waals surface area contributed by atoms with Gasteiger partial charge < -0.3 is 0 Å². The van der Waals surface area contributed by atoms with Crippen molar-refractivity contribution in [3.8, 4) is 11.8 Å². The summed E-state index contributed by atoms with van der Waals surface area (Å²) in [4.78, 5) is 2.54. The van der Waals surface area contributed by atoms with E-state index in [1.54, 1.807) is 0 Å². The molecule has 0 aromatic heterocycles. The van der Waals surface area contributed by atoms with Crippen LogP contribution in [0.15, 0.2) is 0 Å². The van der Waals surface area contributed by atoms with Gasteiger partial charge in [-0.3, -0.25) is 4.90 Å².